The molecule has 192 valence electrons. The van der Waals surface area contributed by atoms with Crippen LogP contribution in [0.15, 0.2) is 30.3 Å². The van der Waals surface area contributed by atoms with E-state index in [0.29, 0.717) is 6.54 Å². The first-order valence-electron chi connectivity index (χ1n) is 10.8. The van der Waals surface area contributed by atoms with Gasteiger partial charge >= 0.3 is 12.1 Å². The van der Waals surface area contributed by atoms with Crippen LogP contribution in [0, 0.1) is 10.6 Å². The number of alkyl halides is 3. The van der Waals surface area contributed by atoms with Gasteiger partial charge in [-0.05, 0) is 65.4 Å². The number of hydrogen-bond donors (Lipinski definition) is 2. The highest BCUT2D eigenvalue weighted by Crippen LogP contribution is 2.41. The number of benzene rings is 1. The van der Waals surface area contributed by atoms with Gasteiger partial charge in [0.05, 0.1) is 0 Å². The third-order valence-corrected chi connectivity index (χ3v) is 6.73. The number of aliphatic hydroxyl groups is 1. The van der Waals surface area contributed by atoms with Gasteiger partial charge in [0.1, 0.15) is 27.8 Å². The van der Waals surface area contributed by atoms with E-state index in [-0.39, 0.29) is 12.2 Å². The van der Waals surface area contributed by atoms with E-state index in [2.05, 4.69) is 32.5 Å². The Morgan fingerprint density at radius 3 is 2.57 bits per heavy atom. The first-order valence-corrected chi connectivity index (χ1v) is 12.3. The zero-order chi connectivity index (χ0) is 25.8. The highest BCUT2D eigenvalue weighted by atomic mass is 127. The van der Waals surface area contributed by atoms with Crippen LogP contribution in [0.4, 0.5) is 13.2 Å². The fourth-order valence-electron chi connectivity index (χ4n) is 3.98. The average Bonchev–Trinajstić information content (AvgIpc) is 3.11. The minimum atomic E-state index is -5.08. The van der Waals surface area contributed by atoms with Crippen LogP contribution in [0.1, 0.15) is 24.1 Å². The molecule has 0 radical (unpaired) electrons. The van der Waals surface area contributed by atoms with Gasteiger partial charge in [-0.1, -0.05) is 11.6 Å². The van der Waals surface area contributed by atoms with E-state index in [1.54, 1.807) is 0 Å². The Balaban J connectivity index is 0.000000429. The van der Waals surface area contributed by atoms with Crippen molar-refractivity contribution < 1.29 is 37.7 Å². The summed E-state index contributed by atoms with van der Waals surface area (Å²) in [5.74, 6) is -1.07. The van der Waals surface area contributed by atoms with Crippen LogP contribution in [-0.2, 0) is 11.2 Å². The molecular weight excluding hydrogens is 604 g/mol. The quantitative estimate of drug-likeness (QED) is 0.373. The number of carbonyl (C=O) groups is 1. The van der Waals surface area contributed by atoms with Gasteiger partial charge < -0.3 is 24.6 Å². The van der Waals surface area contributed by atoms with Gasteiger partial charge in [0.2, 0.25) is 0 Å². The number of rotatable bonds is 5. The van der Waals surface area contributed by atoms with Gasteiger partial charge in [-0.2, -0.15) is 13.2 Å². The summed E-state index contributed by atoms with van der Waals surface area (Å²) < 4.78 is 44.6. The maximum Gasteiger partial charge on any atom is 0.490 e. The number of aromatic nitrogens is 1. The zero-order valence-corrected chi connectivity index (χ0v) is 21.7. The van der Waals surface area contributed by atoms with Crippen LogP contribution >= 0.6 is 34.2 Å². The number of ether oxygens (including phenoxy) is 2. The standard InChI is InChI=1S/C21H24ClIN2O3.C2HF3O2/c1-14-2-4-19(20(23)24-14)27-13-17(26)12-25-8-6-21(7-9-25)11-15-10-16(22)3-5-18(15)28-21;3-2(4,5)1(6)7/h2-5,10,17,26H,6-9,11-13H2,1H3;(H,6,7)/t17-;/m0./s1. The molecule has 2 aromatic rings. The molecule has 3 heterocycles. The first-order chi connectivity index (χ1) is 16.4. The van der Waals surface area contributed by atoms with Crippen LogP contribution in [0.2, 0.25) is 5.02 Å². The topological polar surface area (TPSA) is 92.1 Å². The number of carboxylic acid groups (broad SMARTS) is 1. The molecule has 12 heteroatoms. The summed E-state index contributed by atoms with van der Waals surface area (Å²) in [6, 6.07) is 9.70. The summed E-state index contributed by atoms with van der Waals surface area (Å²) in [4.78, 5) is 15.6. The summed E-state index contributed by atoms with van der Waals surface area (Å²) in [5, 5.41) is 18.3. The summed E-state index contributed by atoms with van der Waals surface area (Å²) in [6.07, 6.45) is -2.80. The highest BCUT2D eigenvalue weighted by molar-refractivity contribution is 14.1. The minimum absolute atomic E-state index is 0.116. The van der Waals surface area contributed by atoms with Crippen molar-refractivity contribution in [3.63, 3.8) is 0 Å². The number of halogens is 5. The van der Waals surface area contributed by atoms with Crippen molar-refractivity contribution in [3.8, 4) is 11.5 Å². The van der Waals surface area contributed by atoms with Crippen LogP contribution in [0.3, 0.4) is 0 Å². The molecule has 1 atom stereocenters. The maximum atomic E-state index is 10.6. The number of aliphatic carboxylic acids is 1. The fourth-order valence-corrected chi connectivity index (χ4v) is 4.89. The lowest BCUT2D eigenvalue weighted by Crippen LogP contribution is -2.49. The Hall–Kier alpha value is -1.83. The summed E-state index contributed by atoms with van der Waals surface area (Å²) in [7, 11) is 0. The Morgan fingerprint density at radius 2 is 1.97 bits per heavy atom. The number of carboxylic acids is 1. The van der Waals surface area contributed by atoms with E-state index in [1.807, 2.05) is 37.3 Å². The normalized spacial score (nSPS) is 17.7. The Bertz CT molecular complexity index is 1050. The van der Waals surface area contributed by atoms with Crippen molar-refractivity contribution in [1.29, 1.82) is 0 Å². The molecule has 1 fully saturated rings. The molecule has 2 aliphatic rings. The van der Waals surface area contributed by atoms with E-state index >= 15 is 0 Å². The van der Waals surface area contributed by atoms with E-state index in [1.165, 1.54) is 5.56 Å². The van der Waals surface area contributed by atoms with Crippen LogP contribution < -0.4 is 9.47 Å². The molecule has 2 aliphatic heterocycles. The summed E-state index contributed by atoms with van der Waals surface area (Å²) in [5.41, 5.74) is 2.04. The van der Waals surface area contributed by atoms with Crippen molar-refractivity contribution in [3.05, 3.63) is 50.3 Å². The lowest BCUT2D eigenvalue weighted by Gasteiger charge is -2.39. The number of piperidine rings is 1. The van der Waals surface area contributed by atoms with Crippen molar-refractivity contribution in [2.24, 2.45) is 0 Å². The molecule has 0 unspecified atom stereocenters. The summed E-state index contributed by atoms with van der Waals surface area (Å²) in [6.45, 7) is 4.63. The van der Waals surface area contributed by atoms with E-state index < -0.39 is 18.2 Å². The van der Waals surface area contributed by atoms with Gasteiger partial charge in [0.25, 0.3) is 0 Å². The predicted octanol–water partition coefficient (Wildman–Crippen LogP) is 4.49. The van der Waals surface area contributed by atoms with E-state index in [0.717, 1.165) is 58.3 Å². The number of likely N-dealkylation sites (tertiary alicyclic amines) is 1. The molecule has 1 saturated heterocycles. The molecular formula is C23H25ClF3IN2O5. The van der Waals surface area contributed by atoms with Gasteiger partial charge in [0, 0.05) is 49.6 Å². The lowest BCUT2D eigenvalue weighted by molar-refractivity contribution is -0.192. The second kappa shape index (κ2) is 11.5. The van der Waals surface area contributed by atoms with Crippen molar-refractivity contribution in [2.45, 2.75) is 44.1 Å². The van der Waals surface area contributed by atoms with Crippen LogP contribution in [0.5, 0.6) is 11.5 Å². The third-order valence-electron chi connectivity index (χ3n) is 5.73. The number of fused-ring (bicyclic) bond motifs is 1. The number of hydrogen-bond acceptors (Lipinski definition) is 6. The predicted molar refractivity (Wildman–Crippen MR) is 131 cm³/mol. The molecule has 1 aromatic heterocycles. The molecule has 1 spiro atoms. The molecule has 35 heavy (non-hydrogen) atoms. The highest BCUT2D eigenvalue weighted by Gasteiger charge is 2.42. The summed E-state index contributed by atoms with van der Waals surface area (Å²) >= 11 is 8.27. The maximum absolute atomic E-state index is 10.6. The van der Waals surface area contributed by atoms with Gasteiger partial charge in [-0.25, -0.2) is 9.78 Å². The number of nitrogens with zero attached hydrogens (tertiary/aromatic N) is 2. The molecule has 4 rings (SSSR count). The van der Waals surface area contributed by atoms with E-state index in [9.17, 15) is 18.3 Å². The second-order valence-corrected chi connectivity index (χ2v) is 9.98. The molecule has 0 amide bonds. The SMILES string of the molecule is Cc1ccc(OC[C@@H](O)CN2CCC3(CC2)Cc2cc(Cl)ccc2O3)c(I)n1.O=C(O)C(F)(F)F. The van der Waals surface area contributed by atoms with Crippen LogP contribution in [0.25, 0.3) is 0 Å². The Kier molecular flexibility index (Phi) is 9.11. The van der Waals surface area contributed by atoms with Crippen LogP contribution in [-0.4, -0.2) is 70.2 Å². The first kappa shape index (κ1) is 27.8. The molecule has 7 nitrogen and oxygen atoms in total. The molecule has 0 bridgehead atoms. The van der Waals surface area contributed by atoms with Gasteiger partial charge in [0.15, 0.2) is 5.75 Å². The number of aryl methyl sites for hydroxylation is 1. The fraction of sp³-hybridized carbons (Fsp3) is 0.478. The molecule has 0 aliphatic carbocycles. The van der Waals surface area contributed by atoms with Gasteiger partial charge in [-0.15, -0.1) is 0 Å². The Labute approximate surface area is 219 Å². The zero-order valence-electron chi connectivity index (χ0n) is 18.8. The largest absolute Gasteiger partial charge is 0.490 e. The smallest absolute Gasteiger partial charge is 0.488 e. The van der Waals surface area contributed by atoms with Crippen molar-refractivity contribution in [1.82, 2.24) is 9.88 Å². The molecule has 0 saturated carbocycles. The number of aliphatic hydroxyl groups excluding tert-OH is 1. The minimum Gasteiger partial charge on any atom is -0.488 e. The van der Waals surface area contributed by atoms with Crippen molar-refractivity contribution in [2.75, 3.05) is 26.2 Å². The average molecular weight is 629 g/mol. The monoisotopic (exact) mass is 628 g/mol. The molecule has 2 N–H and O–H groups in total. The van der Waals surface area contributed by atoms with E-state index in [4.69, 9.17) is 31.0 Å². The second-order valence-electron chi connectivity index (χ2n) is 8.52. The Morgan fingerprint density at radius 1 is 1.31 bits per heavy atom. The van der Waals surface area contributed by atoms with Crippen molar-refractivity contribution >= 4 is 40.2 Å². The number of β-amino-alcohol motifs (C(OH)–C–C–N with tert-alkyl or cyclic N) is 1. The molecule has 1 aromatic carbocycles. The third kappa shape index (κ3) is 7.83. The van der Waals surface area contributed by atoms with Gasteiger partial charge in [-0.3, -0.25) is 0 Å². The lowest BCUT2D eigenvalue weighted by atomic mass is 9.87. The number of pyridine rings is 1.